The van der Waals surface area contributed by atoms with Gasteiger partial charge in [0.15, 0.2) is 0 Å². The lowest BCUT2D eigenvalue weighted by molar-refractivity contribution is 0.347. The van der Waals surface area contributed by atoms with Gasteiger partial charge in [-0.1, -0.05) is 51.9 Å². The molecule has 2 heteroatoms. The van der Waals surface area contributed by atoms with E-state index in [4.69, 9.17) is 0 Å². The van der Waals surface area contributed by atoms with Crippen molar-refractivity contribution in [2.24, 2.45) is 0 Å². The minimum atomic E-state index is -0.290. The van der Waals surface area contributed by atoms with Crippen molar-refractivity contribution in [1.29, 1.82) is 5.26 Å². The average molecular weight is 236 g/mol. The van der Waals surface area contributed by atoms with Gasteiger partial charge >= 0.3 is 0 Å². The third-order valence-corrected chi connectivity index (χ3v) is 3.90. The summed E-state index contributed by atoms with van der Waals surface area (Å²) in [5, 5.41) is 12.9. The van der Waals surface area contributed by atoms with Gasteiger partial charge in [0, 0.05) is 6.04 Å². The van der Waals surface area contributed by atoms with E-state index < -0.39 is 0 Å². The summed E-state index contributed by atoms with van der Waals surface area (Å²) >= 11 is 0. The van der Waals surface area contributed by atoms with E-state index in [0.717, 1.165) is 6.42 Å². The largest absolute Gasteiger partial charge is 0.297 e. The van der Waals surface area contributed by atoms with E-state index >= 15 is 0 Å². The van der Waals surface area contributed by atoms with Gasteiger partial charge in [0.2, 0.25) is 0 Å². The molecule has 1 fully saturated rings. The molecule has 0 aromatic rings. The first kappa shape index (κ1) is 14.5. The molecule has 1 rings (SSSR count). The normalized spacial score (nSPS) is 20.1. The molecule has 17 heavy (non-hydrogen) atoms. The maximum Gasteiger partial charge on any atom is 0.104 e. The van der Waals surface area contributed by atoms with E-state index in [0.29, 0.717) is 6.04 Å². The molecule has 0 aliphatic heterocycles. The van der Waals surface area contributed by atoms with Crippen molar-refractivity contribution < 1.29 is 0 Å². The minimum Gasteiger partial charge on any atom is -0.297 e. The standard InChI is InChI=1S/C15H28N2/c1-3-4-5-6-9-12-15(2,13-16)17-14-10-7-8-11-14/h14,17H,3-12H2,1-2H3. The van der Waals surface area contributed by atoms with Gasteiger partial charge in [-0.2, -0.15) is 5.26 Å². The van der Waals surface area contributed by atoms with Crippen LogP contribution in [0, 0.1) is 11.3 Å². The molecule has 1 unspecified atom stereocenters. The van der Waals surface area contributed by atoms with Gasteiger partial charge in [0.25, 0.3) is 0 Å². The predicted molar refractivity (Wildman–Crippen MR) is 72.8 cm³/mol. The van der Waals surface area contributed by atoms with Crippen LogP contribution in [0.1, 0.15) is 78.1 Å². The monoisotopic (exact) mass is 236 g/mol. The van der Waals surface area contributed by atoms with Crippen LogP contribution < -0.4 is 5.32 Å². The summed E-state index contributed by atoms with van der Waals surface area (Å²) in [6.45, 7) is 4.31. The van der Waals surface area contributed by atoms with Crippen LogP contribution in [-0.4, -0.2) is 11.6 Å². The molecular weight excluding hydrogens is 208 g/mol. The fraction of sp³-hybridized carbons (Fsp3) is 0.933. The summed E-state index contributed by atoms with van der Waals surface area (Å²) in [7, 11) is 0. The molecule has 1 atom stereocenters. The Bertz CT molecular complexity index is 238. The lowest BCUT2D eigenvalue weighted by Crippen LogP contribution is -2.46. The topological polar surface area (TPSA) is 35.8 Å². The third-order valence-electron chi connectivity index (χ3n) is 3.90. The Morgan fingerprint density at radius 1 is 1.18 bits per heavy atom. The maximum absolute atomic E-state index is 9.34. The van der Waals surface area contributed by atoms with Crippen molar-refractivity contribution in [1.82, 2.24) is 5.32 Å². The Kier molecular flexibility index (Phi) is 6.58. The van der Waals surface area contributed by atoms with Crippen LogP contribution in [0.5, 0.6) is 0 Å². The summed E-state index contributed by atoms with van der Waals surface area (Å²) in [6.07, 6.45) is 12.6. The molecule has 98 valence electrons. The van der Waals surface area contributed by atoms with Gasteiger partial charge in [-0.25, -0.2) is 0 Å². The summed E-state index contributed by atoms with van der Waals surface area (Å²) < 4.78 is 0. The third kappa shape index (κ3) is 5.55. The highest BCUT2D eigenvalue weighted by atomic mass is 15.0. The highest BCUT2D eigenvalue weighted by Gasteiger charge is 2.27. The summed E-state index contributed by atoms with van der Waals surface area (Å²) in [5.41, 5.74) is -0.290. The van der Waals surface area contributed by atoms with Crippen LogP contribution in [0.4, 0.5) is 0 Å². The molecule has 0 saturated heterocycles. The SMILES string of the molecule is CCCCCCCC(C)(C#N)NC1CCCC1. The Labute approximate surface area is 107 Å². The highest BCUT2D eigenvalue weighted by molar-refractivity contribution is 5.05. The van der Waals surface area contributed by atoms with E-state index in [1.165, 1.54) is 57.8 Å². The second-order valence-electron chi connectivity index (χ2n) is 5.73. The number of hydrogen-bond donors (Lipinski definition) is 1. The molecule has 0 aromatic heterocycles. The molecule has 2 nitrogen and oxygen atoms in total. The Morgan fingerprint density at radius 2 is 1.82 bits per heavy atom. The molecule has 1 saturated carbocycles. The van der Waals surface area contributed by atoms with Crippen molar-refractivity contribution in [2.45, 2.75) is 89.6 Å². The zero-order chi connectivity index (χ0) is 12.6. The number of unbranched alkanes of at least 4 members (excludes halogenated alkanes) is 4. The average Bonchev–Trinajstić information content (AvgIpc) is 2.81. The zero-order valence-electron chi connectivity index (χ0n) is 11.6. The quantitative estimate of drug-likeness (QED) is 0.642. The first-order valence-corrected chi connectivity index (χ1v) is 7.39. The first-order chi connectivity index (χ1) is 8.20. The van der Waals surface area contributed by atoms with Crippen LogP contribution in [0.15, 0.2) is 0 Å². The molecule has 1 aliphatic carbocycles. The fourth-order valence-electron chi connectivity index (χ4n) is 2.76. The molecule has 0 amide bonds. The number of nitriles is 1. The van der Waals surface area contributed by atoms with E-state index in [-0.39, 0.29) is 5.54 Å². The fourth-order valence-corrected chi connectivity index (χ4v) is 2.76. The molecule has 0 aromatic carbocycles. The Balaban J connectivity index is 2.22. The summed E-state index contributed by atoms with van der Waals surface area (Å²) in [4.78, 5) is 0. The second-order valence-corrected chi connectivity index (χ2v) is 5.73. The number of hydrogen-bond acceptors (Lipinski definition) is 2. The van der Waals surface area contributed by atoms with Crippen LogP contribution in [-0.2, 0) is 0 Å². The van der Waals surface area contributed by atoms with Crippen molar-refractivity contribution in [3.63, 3.8) is 0 Å². The van der Waals surface area contributed by atoms with E-state index in [1.807, 2.05) is 0 Å². The van der Waals surface area contributed by atoms with Gasteiger partial charge in [-0.15, -0.1) is 0 Å². The summed E-state index contributed by atoms with van der Waals surface area (Å²) in [6, 6.07) is 3.08. The Morgan fingerprint density at radius 3 is 2.41 bits per heavy atom. The van der Waals surface area contributed by atoms with Crippen molar-refractivity contribution in [3.8, 4) is 6.07 Å². The molecule has 0 spiro atoms. The van der Waals surface area contributed by atoms with E-state index in [9.17, 15) is 5.26 Å². The first-order valence-electron chi connectivity index (χ1n) is 7.39. The van der Waals surface area contributed by atoms with Gasteiger partial charge < -0.3 is 0 Å². The van der Waals surface area contributed by atoms with Gasteiger partial charge in [0.05, 0.1) is 6.07 Å². The minimum absolute atomic E-state index is 0.290. The van der Waals surface area contributed by atoms with Crippen LogP contribution in [0.3, 0.4) is 0 Å². The molecule has 0 heterocycles. The molecule has 0 radical (unpaired) electrons. The van der Waals surface area contributed by atoms with Crippen LogP contribution >= 0.6 is 0 Å². The van der Waals surface area contributed by atoms with Crippen LogP contribution in [0.2, 0.25) is 0 Å². The van der Waals surface area contributed by atoms with Crippen LogP contribution in [0.25, 0.3) is 0 Å². The summed E-state index contributed by atoms with van der Waals surface area (Å²) in [5.74, 6) is 0. The van der Waals surface area contributed by atoms with Crippen molar-refractivity contribution in [2.75, 3.05) is 0 Å². The van der Waals surface area contributed by atoms with Gasteiger partial charge in [-0.05, 0) is 26.2 Å². The molecule has 1 aliphatic rings. The second kappa shape index (κ2) is 7.71. The van der Waals surface area contributed by atoms with E-state index in [1.54, 1.807) is 0 Å². The lowest BCUT2D eigenvalue weighted by atomic mass is 9.94. The zero-order valence-corrected chi connectivity index (χ0v) is 11.6. The predicted octanol–water partition coefficient (Wildman–Crippen LogP) is 4.16. The maximum atomic E-state index is 9.34. The number of rotatable bonds is 8. The highest BCUT2D eigenvalue weighted by Crippen LogP contribution is 2.23. The number of nitrogens with one attached hydrogen (secondary N) is 1. The molecule has 0 bridgehead atoms. The number of nitrogens with zero attached hydrogens (tertiary/aromatic N) is 1. The van der Waals surface area contributed by atoms with E-state index in [2.05, 4.69) is 25.2 Å². The van der Waals surface area contributed by atoms with Crippen molar-refractivity contribution >= 4 is 0 Å². The van der Waals surface area contributed by atoms with Gasteiger partial charge in [0.1, 0.15) is 5.54 Å². The smallest absolute Gasteiger partial charge is 0.104 e. The molecule has 1 N–H and O–H groups in total. The van der Waals surface area contributed by atoms with Gasteiger partial charge in [-0.3, -0.25) is 5.32 Å². The lowest BCUT2D eigenvalue weighted by Gasteiger charge is -2.27. The van der Waals surface area contributed by atoms with Crippen molar-refractivity contribution in [3.05, 3.63) is 0 Å². The molecular formula is C15H28N2. The Hall–Kier alpha value is -0.550.